The summed E-state index contributed by atoms with van der Waals surface area (Å²) in [6.07, 6.45) is 2.27. The molecule has 8 heteroatoms. The van der Waals surface area contributed by atoms with Gasteiger partial charge in [0.2, 0.25) is 5.91 Å². The predicted molar refractivity (Wildman–Crippen MR) is 113 cm³/mol. The molecule has 0 bridgehead atoms. The predicted octanol–water partition coefficient (Wildman–Crippen LogP) is 4.86. The maximum Gasteiger partial charge on any atom is 0.237 e. The first kappa shape index (κ1) is 19.0. The first-order chi connectivity index (χ1) is 13.7. The molecule has 6 nitrogen and oxygen atoms in total. The summed E-state index contributed by atoms with van der Waals surface area (Å²) >= 11 is 3.11. The van der Waals surface area contributed by atoms with Crippen LogP contribution in [-0.4, -0.2) is 32.5 Å². The summed E-state index contributed by atoms with van der Waals surface area (Å²) in [6.45, 7) is 4.46. The van der Waals surface area contributed by atoms with Crippen LogP contribution >= 0.6 is 23.1 Å². The number of hydrogen-bond donors (Lipinski definition) is 1. The van der Waals surface area contributed by atoms with Gasteiger partial charge in [0.25, 0.3) is 0 Å². The fourth-order valence-electron chi connectivity index (χ4n) is 2.85. The quantitative estimate of drug-likeness (QED) is 0.533. The van der Waals surface area contributed by atoms with E-state index in [9.17, 15) is 4.79 Å². The van der Waals surface area contributed by atoms with Gasteiger partial charge in [-0.15, -0.1) is 21.5 Å². The second-order valence-electron chi connectivity index (χ2n) is 6.59. The van der Waals surface area contributed by atoms with E-state index in [0.717, 1.165) is 40.1 Å². The van der Waals surface area contributed by atoms with Crippen molar-refractivity contribution in [2.45, 2.75) is 43.1 Å². The summed E-state index contributed by atoms with van der Waals surface area (Å²) < 4.78 is 7.62. The van der Waals surface area contributed by atoms with E-state index >= 15 is 0 Å². The zero-order valence-electron chi connectivity index (χ0n) is 15.8. The minimum Gasteiger partial charge on any atom is -0.494 e. The maximum absolute atomic E-state index is 12.6. The first-order valence-corrected chi connectivity index (χ1v) is 11.1. The highest BCUT2D eigenvalue weighted by molar-refractivity contribution is 8.00. The van der Waals surface area contributed by atoms with Gasteiger partial charge in [0.1, 0.15) is 5.75 Å². The first-order valence-electron chi connectivity index (χ1n) is 9.35. The topological polar surface area (TPSA) is 69.0 Å². The third-order valence-corrected chi connectivity index (χ3v) is 6.32. The van der Waals surface area contributed by atoms with Crippen LogP contribution in [0.25, 0.3) is 10.7 Å². The van der Waals surface area contributed by atoms with Crippen molar-refractivity contribution in [1.82, 2.24) is 14.8 Å². The Morgan fingerprint density at radius 2 is 2.11 bits per heavy atom. The van der Waals surface area contributed by atoms with Crippen molar-refractivity contribution >= 4 is 34.7 Å². The Labute approximate surface area is 172 Å². The van der Waals surface area contributed by atoms with Crippen LogP contribution in [0.4, 0.5) is 5.69 Å². The zero-order chi connectivity index (χ0) is 19.5. The van der Waals surface area contributed by atoms with Crippen molar-refractivity contribution in [3.05, 3.63) is 41.8 Å². The van der Waals surface area contributed by atoms with Gasteiger partial charge in [-0.2, -0.15) is 0 Å². The van der Waals surface area contributed by atoms with Crippen LogP contribution in [0.1, 0.15) is 32.7 Å². The highest BCUT2D eigenvalue weighted by Crippen LogP contribution is 2.42. The fourth-order valence-corrected chi connectivity index (χ4v) is 4.47. The van der Waals surface area contributed by atoms with E-state index < -0.39 is 0 Å². The smallest absolute Gasteiger partial charge is 0.237 e. The van der Waals surface area contributed by atoms with Crippen molar-refractivity contribution in [3.63, 3.8) is 0 Å². The molecule has 3 aromatic rings. The number of thioether (sulfide) groups is 1. The van der Waals surface area contributed by atoms with Gasteiger partial charge < -0.3 is 10.1 Å². The monoisotopic (exact) mass is 414 g/mol. The number of carbonyl (C=O) groups is 1. The van der Waals surface area contributed by atoms with Gasteiger partial charge in [0, 0.05) is 11.7 Å². The van der Waals surface area contributed by atoms with Gasteiger partial charge in [-0.05, 0) is 62.4 Å². The molecule has 1 fully saturated rings. The average molecular weight is 415 g/mol. The van der Waals surface area contributed by atoms with Crippen LogP contribution in [0.5, 0.6) is 5.75 Å². The number of amides is 1. The molecule has 0 saturated heterocycles. The Bertz CT molecular complexity index is 934. The molecule has 2 heterocycles. The fraction of sp³-hybridized carbons (Fsp3) is 0.350. The summed E-state index contributed by atoms with van der Waals surface area (Å²) in [5.41, 5.74) is 0.754. The van der Waals surface area contributed by atoms with Crippen LogP contribution in [0.3, 0.4) is 0 Å². The molecule has 0 radical (unpaired) electrons. The summed E-state index contributed by atoms with van der Waals surface area (Å²) in [5, 5.41) is 14.3. The molecule has 146 valence electrons. The Balaban J connectivity index is 1.44. The van der Waals surface area contributed by atoms with Crippen molar-refractivity contribution in [3.8, 4) is 16.5 Å². The largest absolute Gasteiger partial charge is 0.494 e. The van der Waals surface area contributed by atoms with Crippen LogP contribution in [0, 0.1) is 0 Å². The van der Waals surface area contributed by atoms with Crippen LogP contribution in [0.15, 0.2) is 46.9 Å². The molecule has 1 saturated carbocycles. The molecule has 4 rings (SSSR count). The Morgan fingerprint density at radius 3 is 2.75 bits per heavy atom. The number of ether oxygens (including phenoxy) is 1. The highest BCUT2D eigenvalue weighted by atomic mass is 32.2. The number of nitrogens with zero attached hydrogens (tertiary/aromatic N) is 3. The third-order valence-electron chi connectivity index (χ3n) is 4.40. The number of benzene rings is 1. The molecule has 0 aliphatic heterocycles. The summed E-state index contributed by atoms with van der Waals surface area (Å²) in [7, 11) is 0. The minimum absolute atomic E-state index is 0.0582. The normalized spacial score (nSPS) is 14.6. The molecule has 0 spiro atoms. The Kier molecular flexibility index (Phi) is 5.68. The number of thiophene rings is 1. The van der Waals surface area contributed by atoms with E-state index in [1.165, 1.54) is 11.8 Å². The summed E-state index contributed by atoms with van der Waals surface area (Å²) in [6, 6.07) is 11.9. The molecule has 1 aromatic carbocycles. The maximum atomic E-state index is 12.6. The van der Waals surface area contributed by atoms with Crippen molar-refractivity contribution in [2.75, 3.05) is 11.9 Å². The molecular weight excluding hydrogens is 392 g/mol. The van der Waals surface area contributed by atoms with Gasteiger partial charge in [0.15, 0.2) is 11.0 Å². The summed E-state index contributed by atoms with van der Waals surface area (Å²) in [4.78, 5) is 13.8. The lowest BCUT2D eigenvalue weighted by Gasteiger charge is -2.13. The third kappa shape index (κ3) is 4.23. The lowest BCUT2D eigenvalue weighted by molar-refractivity contribution is -0.115. The molecule has 1 atom stereocenters. The molecular formula is C20H22N4O2S2. The van der Waals surface area contributed by atoms with Crippen LogP contribution < -0.4 is 10.1 Å². The Hall–Kier alpha value is -2.32. The summed E-state index contributed by atoms with van der Waals surface area (Å²) in [5.74, 6) is 1.64. The molecule has 1 aliphatic carbocycles. The number of anilines is 1. The second-order valence-corrected chi connectivity index (χ2v) is 8.85. The lowest BCUT2D eigenvalue weighted by atomic mass is 10.3. The van der Waals surface area contributed by atoms with Gasteiger partial charge >= 0.3 is 0 Å². The minimum atomic E-state index is -0.288. The molecule has 28 heavy (non-hydrogen) atoms. The molecule has 0 unspecified atom stereocenters. The molecule has 1 N–H and O–H groups in total. The van der Waals surface area contributed by atoms with E-state index in [1.54, 1.807) is 11.3 Å². The number of carbonyl (C=O) groups excluding carboxylic acids is 1. The zero-order valence-corrected chi connectivity index (χ0v) is 17.4. The van der Waals surface area contributed by atoms with Gasteiger partial charge in [0.05, 0.1) is 16.7 Å². The highest BCUT2D eigenvalue weighted by Gasteiger charge is 2.31. The SMILES string of the molecule is CCOc1ccc(NC(=O)[C@@H](C)Sc2nnc(-c3cccs3)n2C2CC2)cc1. The van der Waals surface area contributed by atoms with E-state index in [2.05, 4.69) is 26.1 Å². The van der Waals surface area contributed by atoms with Gasteiger partial charge in [-0.1, -0.05) is 17.8 Å². The lowest BCUT2D eigenvalue weighted by Crippen LogP contribution is -2.22. The van der Waals surface area contributed by atoms with E-state index in [0.29, 0.717) is 12.6 Å². The van der Waals surface area contributed by atoms with Crippen LogP contribution in [-0.2, 0) is 4.79 Å². The number of hydrogen-bond acceptors (Lipinski definition) is 6. The van der Waals surface area contributed by atoms with Gasteiger partial charge in [-0.3, -0.25) is 9.36 Å². The van der Waals surface area contributed by atoms with E-state index in [1.807, 2.05) is 49.6 Å². The average Bonchev–Trinajstić information content (AvgIpc) is 3.22. The van der Waals surface area contributed by atoms with Crippen molar-refractivity contribution in [1.29, 1.82) is 0 Å². The number of nitrogens with one attached hydrogen (secondary N) is 1. The molecule has 1 aliphatic rings. The standard InChI is InChI=1S/C20H22N4O2S2/c1-3-26-16-10-6-14(7-11-16)21-19(25)13(2)28-20-23-22-18(17-5-4-12-27-17)24(20)15-8-9-15/h4-7,10-13,15H,3,8-9H2,1-2H3,(H,21,25)/t13-/m1/s1. The Morgan fingerprint density at radius 1 is 1.32 bits per heavy atom. The van der Waals surface area contributed by atoms with E-state index in [-0.39, 0.29) is 11.2 Å². The van der Waals surface area contributed by atoms with Crippen molar-refractivity contribution in [2.24, 2.45) is 0 Å². The number of aromatic nitrogens is 3. The second kappa shape index (κ2) is 8.36. The van der Waals surface area contributed by atoms with Gasteiger partial charge in [-0.25, -0.2) is 0 Å². The number of rotatable bonds is 8. The van der Waals surface area contributed by atoms with E-state index in [4.69, 9.17) is 4.74 Å². The van der Waals surface area contributed by atoms with Crippen LogP contribution in [0.2, 0.25) is 0 Å². The molecule has 1 amide bonds. The molecule has 2 aromatic heterocycles. The van der Waals surface area contributed by atoms with Crippen molar-refractivity contribution < 1.29 is 9.53 Å².